The van der Waals surface area contributed by atoms with E-state index in [9.17, 15) is 13.2 Å². The molecule has 0 aliphatic heterocycles. The van der Waals surface area contributed by atoms with Crippen molar-refractivity contribution in [2.24, 2.45) is 0 Å². The first-order valence-corrected chi connectivity index (χ1v) is 8.04. The summed E-state index contributed by atoms with van der Waals surface area (Å²) in [5.74, 6) is -0.352. The SMILES string of the molecule is CC(=O)Nc1nnc(S(=O)(=O)N(CCC#N)C(C)C)s1. The highest BCUT2D eigenvalue weighted by atomic mass is 32.2. The smallest absolute Gasteiger partial charge is 0.272 e. The lowest BCUT2D eigenvalue weighted by molar-refractivity contribution is -0.114. The summed E-state index contributed by atoms with van der Waals surface area (Å²) >= 11 is 0.781. The van der Waals surface area contributed by atoms with Crippen molar-refractivity contribution in [3.05, 3.63) is 0 Å². The Hall–Kier alpha value is -1.57. The molecule has 0 atom stereocenters. The average Bonchev–Trinajstić information content (AvgIpc) is 2.77. The molecular formula is C10H15N5O3S2. The van der Waals surface area contributed by atoms with Crippen LogP contribution in [-0.4, -0.2) is 41.4 Å². The highest BCUT2D eigenvalue weighted by Crippen LogP contribution is 2.24. The topological polar surface area (TPSA) is 116 Å². The average molecular weight is 317 g/mol. The summed E-state index contributed by atoms with van der Waals surface area (Å²) in [5, 5.41) is 18.3. The zero-order chi connectivity index (χ0) is 15.3. The zero-order valence-corrected chi connectivity index (χ0v) is 13.0. The third kappa shape index (κ3) is 3.96. The molecule has 0 fully saturated rings. The fraction of sp³-hybridized carbons (Fsp3) is 0.600. The van der Waals surface area contributed by atoms with Crippen molar-refractivity contribution in [1.82, 2.24) is 14.5 Å². The monoisotopic (exact) mass is 317 g/mol. The van der Waals surface area contributed by atoms with Gasteiger partial charge in [-0.25, -0.2) is 8.42 Å². The molecule has 0 bridgehead atoms. The normalized spacial score (nSPS) is 11.6. The van der Waals surface area contributed by atoms with Crippen molar-refractivity contribution in [3.63, 3.8) is 0 Å². The quantitative estimate of drug-likeness (QED) is 0.776. The van der Waals surface area contributed by atoms with Crippen LogP contribution in [0.2, 0.25) is 0 Å². The number of anilines is 1. The lowest BCUT2D eigenvalue weighted by Crippen LogP contribution is -2.37. The summed E-state index contributed by atoms with van der Waals surface area (Å²) in [7, 11) is -3.81. The second-order valence-electron chi connectivity index (χ2n) is 4.17. The van der Waals surface area contributed by atoms with E-state index in [0.29, 0.717) is 0 Å². The van der Waals surface area contributed by atoms with Gasteiger partial charge in [-0.2, -0.15) is 9.57 Å². The van der Waals surface area contributed by atoms with Crippen LogP contribution in [0, 0.1) is 11.3 Å². The van der Waals surface area contributed by atoms with Gasteiger partial charge in [0.1, 0.15) is 0 Å². The standard InChI is InChI=1S/C10H15N5O3S2/c1-7(2)15(6-4-5-11)20(17,18)10-14-13-9(19-10)12-8(3)16/h7H,4,6H2,1-3H3,(H,12,13,16). The number of hydrogen-bond donors (Lipinski definition) is 1. The van der Waals surface area contributed by atoms with Crippen LogP contribution >= 0.6 is 11.3 Å². The molecule has 0 spiro atoms. The number of nitrogens with zero attached hydrogens (tertiary/aromatic N) is 4. The van der Waals surface area contributed by atoms with E-state index in [1.807, 2.05) is 6.07 Å². The highest BCUT2D eigenvalue weighted by Gasteiger charge is 2.30. The maximum Gasteiger partial charge on any atom is 0.272 e. The molecule has 1 N–H and O–H groups in total. The van der Waals surface area contributed by atoms with Gasteiger partial charge in [-0.3, -0.25) is 4.79 Å². The Morgan fingerprint density at radius 3 is 2.65 bits per heavy atom. The first kappa shape index (κ1) is 16.5. The number of aromatic nitrogens is 2. The van der Waals surface area contributed by atoms with E-state index in [0.717, 1.165) is 11.3 Å². The van der Waals surface area contributed by atoms with Gasteiger partial charge < -0.3 is 5.32 Å². The number of nitrogens with one attached hydrogen (secondary N) is 1. The number of carbonyl (C=O) groups excluding carboxylic acids is 1. The van der Waals surface area contributed by atoms with E-state index >= 15 is 0 Å². The van der Waals surface area contributed by atoms with Crippen LogP contribution < -0.4 is 5.32 Å². The van der Waals surface area contributed by atoms with E-state index < -0.39 is 10.0 Å². The van der Waals surface area contributed by atoms with Crippen molar-refractivity contribution >= 4 is 32.4 Å². The first-order valence-electron chi connectivity index (χ1n) is 5.79. The summed E-state index contributed by atoms with van der Waals surface area (Å²) in [6.45, 7) is 4.81. The molecule has 0 saturated heterocycles. The second kappa shape index (κ2) is 6.74. The maximum atomic E-state index is 12.4. The molecule has 0 saturated carbocycles. The van der Waals surface area contributed by atoms with E-state index in [-0.39, 0.29) is 34.4 Å². The van der Waals surface area contributed by atoms with Crippen molar-refractivity contribution in [3.8, 4) is 6.07 Å². The van der Waals surface area contributed by atoms with Crippen molar-refractivity contribution in [2.45, 2.75) is 37.6 Å². The fourth-order valence-corrected chi connectivity index (χ4v) is 4.13. The molecule has 0 aromatic carbocycles. The lowest BCUT2D eigenvalue weighted by atomic mass is 10.3. The van der Waals surface area contributed by atoms with Crippen LogP contribution in [0.15, 0.2) is 4.34 Å². The van der Waals surface area contributed by atoms with Crippen LogP contribution in [-0.2, 0) is 14.8 Å². The summed E-state index contributed by atoms with van der Waals surface area (Å²) in [5.41, 5.74) is 0. The minimum atomic E-state index is -3.81. The van der Waals surface area contributed by atoms with E-state index in [1.54, 1.807) is 13.8 Å². The lowest BCUT2D eigenvalue weighted by Gasteiger charge is -2.23. The third-order valence-electron chi connectivity index (χ3n) is 2.24. The highest BCUT2D eigenvalue weighted by molar-refractivity contribution is 7.91. The molecule has 1 amide bonds. The summed E-state index contributed by atoms with van der Waals surface area (Å²) in [6.07, 6.45) is 0.0920. The predicted molar refractivity (Wildman–Crippen MR) is 73.5 cm³/mol. The number of nitriles is 1. The molecule has 1 heterocycles. The minimum Gasteiger partial charge on any atom is -0.301 e. The Kier molecular flexibility index (Phi) is 5.55. The Morgan fingerprint density at radius 2 is 2.15 bits per heavy atom. The molecule has 10 heteroatoms. The van der Waals surface area contributed by atoms with Gasteiger partial charge in [0.25, 0.3) is 10.0 Å². The molecule has 1 rings (SSSR count). The predicted octanol–water partition coefficient (Wildman–Crippen LogP) is 0.809. The molecule has 1 aromatic heterocycles. The van der Waals surface area contributed by atoms with Gasteiger partial charge in [-0.1, -0.05) is 11.3 Å². The second-order valence-corrected chi connectivity index (χ2v) is 7.21. The Labute approximate surface area is 121 Å². The molecule has 0 radical (unpaired) electrons. The molecule has 1 aromatic rings. The van der Waals surface area contributed by atoms with E-state index in [4.69, 9.17) is 5.26 Å². The number of rotatable bonds is 6. The fourth-order valence-electron chi connectivity index (χ4n) is 1.43. The number of hydrogen-bond acceptors (Lipinski definition) is 7. The number of sulfonamides is 1. The molecule has 8 nitrogen and oxygen atoms in total. The molecule has 20 heavy (non-hydrogen) atoms. The van der Waals surface area contributed by atoms with Gasteiger partial charge in [0.2, 0.25) is 15.4 Å². The Morgan fingerprint density at radius 1 is 1.50 bits per heavy atom. The van der Waals surface area contributed by atoms with Crippen LogP contribution in [0.1, 0.15) is 27.2 Å². The molecule has 110 valence electrons. The summed E-state index contributed by atoms with van der Waals surface area (Å²) in [4.78, 5) is 10.9. The Balaban J connectivity index is 3.04. The first-order chi connectivity index (χ1) is 9.28. The van der Waals surface area contributed by atoms with Gasteiger partial charge in [0.05, 0.1) is 6.07 Å². The van der Waals surface area contributed by atoms with Crippen LogP contribution in [0.3, 0.4) is 0 Å². The van der Waals surface area contributed by atoms with E-state index in [2.05, 4.69) is 15.5 Å². The molecule has 0 aliphatic carbocycles. The van der Waals surface area contributed by atoms with Crippen LogP contribution in [0.25, 0.3) is 0 Å². The number of carbonyl (C=O) groups is 1. The maximum absolute atomic E-state index is 12.4. The largest absolute Gasteiger partial charge is 0.301 e. The molecular weight excluding hydrogens is 302 g/mol. The summed E-state index contributed by atoms with van der Waals surface area (Å²) < 4.78 is 25.8. The Bertz CT molecular complexity index is 617. The minimum absolute atomic E-state index is 0.0888. The van der Waals surface area contributed by atoms with Gasteiger partial charge >= 0.3 is 0 Å². The van der Waals surface area contributed by atoms with E-state index in [1.165, 1.54) is 11.2 Å². The van der Waals surface area contributed by atoms with Gasteiger partial charge in [-0.05, 0) is 13.8 Å². The van der Waals surface area contributed by atoms with Crippen molar-refractivity contribution in [1.29, 1.82) is 5.26 Å². The van der Waals surface area contributed by atoms with Gasteiger partial charge in [-0.15, -0.1) is 10.2 Å². The van der Waals surface area contributed by atoms with Gasteiger partial charge in [0.15, 0.2) is 0 Å². The van der Waals surface area contributed by atoms with Crippen LogP contribution in [0.5, 0.6) is 0 Å². The van der Waals surface area contributed by atoms with Crippen molar-refractivity contribution < 1.29 is 13.2 Å². The molecule has 0 unspecified atom stereocenters. The zero-order valence-electron chi connectivity index (χ0n) is 11.3. The molecule has 0 aliphatic rings. The third-order valence-corrected chi connectivity index (χ3v) is 5.50. The summed E-state index contributed by atoms with van der Waals surface area (Å²) in [6, 6.07) is 1.61. The van der Waals surface area contributed by atoms with Crippen molar-refractivity contribution in [2.75, 3.05) is 11.9 Å². The van der Waals surface area contributed by atoms with Crippen LogP contribution in [0.4, 0.5) is 5.13 Å². The van der Waals surface area contributed by atoms with Gasteiger partial charge in [0, 0.05) is 25.9 Å². The number of amides is 1.